The average Bonchev–Trinajstić information content (AvgIpc) is 3.05. The van der Waals surface area contributed by atoms with E-state index in [1.54, 1.807) is 6.07 Å². The molecule has 4 nitrogen and oxygen atoms in total. The van der Waals surface area contributed by atoms with Crippen LogP contribution in [0, 0.1) is 19.7 Å². The lowest BCUT2D eigenvalue weighted by molar-refractivity contribution is 0.209. The largest absolute Gasteiger partial charge is 0.482 e. The van der Waals surface area contributed by atoms with Gasteiger partial charge in [-0.15, -0.1) is 16.8 Å². The van der Waals surface area contributed by atoms with Crippen LogP contribution in [0.4, 0.5) is 4.39 Å². The van der Waals surface area contributed by atoms with E-state index in [0.717, 1.165) is 27.9 Å². The fourth-order valence-corrected chi connectivity index (χ4v) is 3.86. The van der Waals surface area contributed by atoms with Crippen molar-refractivity contribution in [2.75, 3.05) is 0 Å². The quantitative estimate of drug-likeness (QED) is 0.364. The second-order valence-electron chi connectivity index (χ2n) is 6.69. The molecule has 1 aromatic heterocycles. The highest BCUT2D eigenvalue weighted by Crippen LogP contribution is 2.28. The van der Waals surface area contributed by atoms with E-state index in [-0.39, 0.29) is 11.9 Å². The van der Waals surface area contributed by atoms with E-state index in [0.29, 0.717) is 12.3 Å². The molecule has 0 aliphatic heterocycles. The summed E-state index contributed by atoms with van der Waals surface area (Å²) in [5.41, 5.74) is 3.19. The number of halogens is 1. The maximum Gasteiger partial charge on any atom is 0.191 e. The molecule has 0 bridgehead atoms. The van der Waals surface area contributed by atoms with Crippen LogP contribution in [0.1, 0.15) is 35.5 Å². The highest BCUT2D eigenvalue weighted by molar-refractivity contribution is 7.98. The minimum Gasteiger partial charge on any atom is -0.482 e. The molecule has 1 heterocycles. The Kier molecular flexibility index (Phi) is 6.52. The van der Waals surface area contributed by atoms with Crippen molar-refractivity contribution in [2.24, 2.45) is 0 Å². The molecule has 2 aromatic carbocycles. The first-order valence-corrected chi connectivity index (χ1v) is 10.1. The molecular formula is C22H24FN3OS. The van der Waals surface area contributed by atoms with Crippen molar-refractivity contribution < 1.29 is 9.13 Å². The van der Waals surface area contributed by atoms with Crippen LogP contribution in [-0.4, -0.2) is 14.8 Å². The number of aromatic nitrogens is 3. The highest BCUT2D eigenvalue weighted by Gasteiger charge is 2.19. The minimum atomic E-state index is -0.266. The Morgan fingerprint density at radius 2 is 2.04 bits per heavy atom. The Bertz CT molecular complexity index is 970. The van der Waals surface area contributed by atoms with Gasteiger partial charge in [0.2, 0.25) is 0 Å². The highest BCUT2D eigenvalue weighted by atomic mass is 32.2. The second-order valence-corrected chi connectivity index (χ2v) is 7.63. The zero-order valence-electron chi connectivity index (χ0n) is 16.4. The summed E-state index contributed by atoms with van der Waals surface area (Å²) in [7, 11) is 0. The Labute approximate surface area is 169 Å². The summed E-state index contributed by atoms with van der Waals surface area (Å²) in [6.07, 6.45) is 1.54. The van der Waals surface area contributed by atoms with Gasteiger partial charge in [-0.05, 0) is 50.1 Å². The van der Waals surface area contributed by atoms with Gasteiger partial charge >= 0.3 is 0 Å². The fourth-order valence-electron chi connectivity index (χ4n) is 2.96. The molecule has 0 aliphatic rings. The molecule has 0 radical (unpaired) electrons. The third kappa shape index (κ3) is 4.81. The number of hydrogen-bond acceptors (Lipinski definition) is 4. The van der Waals surface area contributed by atoms with Gasteiger partial charge in [-0.1, -0.05) is 47.7 Å². The van der Waals surface area contributed by atoms with Gasteiger partial charge in [0.05, 0.1) is 0 Å². The molecular weight excluding hydrogens is 373 g/mol. The predicted molar refractivity (Wildman–Crippen MR) is 111 cm³/mol. The van der Waals surface area contributed by atoms with Crippen molar-refractivity contribution >= 4 is 11.8 Å². The Hall–Kier alpha value is -2.60. The third-order valence-corrected chi connectivity index (χ3v) is 5.35. The van der Waals surface area contributed by atoms with Gasteiger partial charge in [0.15, 0.2) is 17.1 Å². The molecule has 3 aromatic rings. The molecule has 3 rings (SSSR count). The first kappa shape index (κ1) is 20.1. The molecule has 1 unspecified atom stereocenters. The molecule has 6 heteroatoms. The van der Waals surface area contributed by atoms with E-state index in [2.05, 4.69) is 29.8 Å². The average molecular weight is 398 g/mol. The molecule has 1 atom stereocenters. The predicted octanol–water partition coefficient (Wildman–Crippen LogP) is 5.65. The number of thioether (sulfide) groups is 1. The van der Waals surface area contributed by atoms with E-state index in [4.69, 9.17) is 4.74 Å². The molecule has 0 amide bonds. The number of hydrogen-bond donors (Lipinski definition) is 0. The van der Waals surface area contributed by atoms with Gasteiger partial charge in [0.25, 0.3) is 0 Å². The monoisotopic (exact) mass is 397 g/mol. The van der Waals surface area contributed by atoms with Gasteiger partial charge < -0.3 is 4.74 Å². The van der Waals surface area contributed by atoms with Gasteiger partial charge in [-0.25, -0.2) is 4.39 Å². The first-order chi connectivity index (χ1) is 13.5. The Morgan fingerprint density at radius 3 is 2.75 bits per heavy atom. The molecule has 0 saturated carbocycles. The first-order valence-electron chi connectivity index (χ1n) is 9.13. The molecule has 0 spiro atoms. The van der Waals surface area contributed by atoms with Gasteiger partial charge in [0.1, 0.15) is 11.6 Å². The van der Waals surface area contributed by atoms with Crippen LogP contribution in [-0.2, 0) is 12.3 Å². The minimum absolute atomic E-state index is 0.234. The number of ether oxygens (including phenoxy) is 1. The zero-order chi connectivity index (χ0) is 20.1. The summed E-state index contributed by atoms with van der Waals surface area (Å²) < 4.78 is 21.5. The second kappa shape index (κ2) is 9.06. The summed E-state index contributed by atoms with van der Waals surface area (Å²) in [6.45, 7) is 10.5. The van der Waals surface area contributed by atoms with Crippen LogP contribution in [0.3, 0.4) is 0 Å². The van der Waals surface area contributed by atoms with Crippen LogP contribution >= 0.6 is 11.8 Å². The lowest BCUT2D eigenvalue weighted by atomic mass is 10.1. The van der Waals surface area contributed by atoms with Crippen molar-refractivity contribution in [1.82, 2.24) is 14.8 Å². The normalized spacial score (nSPS) is 12.0. The Morgan fingerprint density at radius 1 is 1.21 bits per heavy atom. The Balaban J connectivity index is 1.78. The number of allylic oxidation sites excluding steroid dienone is 1. The maximum absolute atomic E-state index is 13.4. The van der Waals surface area contributed by atoms with Crippen molar-refractivity contribution in [2.45, 2.75) is 44.3 Å². The van der Waals surface area contributed by atoms with Crippen molar-refractivity contribution in [1.29, 1.82) is 0 Å². The lowest BCUT2D eigenvalue weighted by Crippen LogP contribution is -2.12. The van der Waals surface area contributed by atoms with E-state index < -0.39 is 0 Å². The van der Waals surface area contributed by atoms with E-state index in [1.807, 2.05) is 42.7 Å². The van der Waals surface area contributed by atoms with Gasteiger partial charge in [0, 0.05) is 12.3 Å². The van der Waals surface area contributed by atoms with Crippen LogP contribution < -0.4 is 4.74 Å². The van der Waals surface area contributed by atoms with E-state index in [1.165, 1.54) is 29.5 Å². The fraction of sp³-hybridized carbons (Fsp3) is 0.273. The lowest BCUT2D eigenvalue weighted by Gasteiger charge is -2.17. The van der Waals surface area contributed by atoms with Crippen LogP contribution in [0.25, 0.3) is 0 Å². The van der Waals surface area contributed by atoms with Crippen LogP contribution in [0.15, 0.2) is 60.3 Å². The van der Waals surface area contributed by atoms with Gasteiger partial charge in [-0.3, -0.25) is 4.57 Å². The third-order valence-electron chi connectivity index (χ3n) is 4.31. The smallest absolute Gasteiger partial charge is 0.191 e. The van der Waals surface area contributed by atoms with Crippen molar-refractivity contribution in [3.8, 4) is 5.75 Å². The summed E-state index contributed by atoms with van der Waals surface area (Å²) in [5, 5.41) is 9.44. The molecule has 0 fully saturated rings. The number of nitrogens with zero attached hydrogens (tertiary/aromatic N) is 3. The molecule has 0 aliphatic carbocycles. The summed E-state index contributed by atoms with van der Waals surface area (Å²) in [5.74, 6) is 1.95. The summed E-state index contributed by atoms with van der Waals surface area (Å²) in [4.78, 5) is 0. The van der Waals surface area contributed by atoms with Crippen LogP contribution in [0.2, 0.25) is 0 Å². The molecule has 0 N–H and O–H groups in total. The summed E-state index contributed by atoms with van der Waals surface area (Å²) >= 11 is 1.52. The molecule has 0 saturated heterocycles. The van der Waals surface area contributed by atoms with Gasteiger partial charge in [-0.2, -0.15) is 0 Å². The van der Waals surface area contributed by atoms with Crippen LogP contribution in [0.5, 0.6) is 5.75 Å². The SMILES string of the molecule is C=CCn1c(SCc2cccc(F)c2)nnc1C(C)Oc1ccc(C)cc1C. The topological polar surface area (TPSA) is 39.9 Å². The number of aryl methyl sites for hydroxylation is 2. The maximum atomic E-state index is 13.4. The van der Waals surface area contributed by atoms with Crippen molar-refractivity contribution in [3.63, 3.8) is 0 Å². The molecule has 28 heavy (non-hydrogen) atoms. The zero-order valence-corrected chi connectivity index (χ0v) is 17.2. The van der Waals surface area contributed by atoms with E-state index in [9.17, 15) is 4.39 Å². The van der Waals surface area contributed by atoms with E-state index >= 15 is 0 Å². The number of benzene rings is 2. The summed E-state index contributed by atoms with van der Waals surface area (Å²) in [6, 6.07) is 12.7. The number of rotatable bonds is 8. The standard InChI is InChI=1S/C22H24FN3OS/c1-5-11-26-21(17(4)27-20-10-9-15(2)12-16(20)3)24-25-22(26)28-14-18-7-6-8-19(23)13-18/h5-10,12-13,17H,1,11,14H2,2-4H3. The van der Waals surface area contributed by atoms with Crippen molar-refractivity contribution in [3.05, 3.63) is 83.5 Å². The molecule has 146 valence electrons.